The van der Waals surface area contributed by atoms with E-state index in [4.69, 9.17) is 0 Å². The molecule has 0 saturated heterocycles. The van der Waals surface area contributed by atoms with E-state index in [1.165, 1.54) is 18.3 Å². The van der Waals surface area contributed by atoms with Gasteiger partial charge >= 0.3 is 0 Å². The van der Waals surface area contributed by atoms with Crippen LogP contribution in [0.3, 0.4) is 0 Å². The molecule has 0 aliphatic heterocycles. The minimum atomic E-state index is -0.468. The first-order valence-corrected chi connectivity index (χ1v) is 8.93. The maximum atomic E-state index is 12.3. The number of aromatic nitrogens is 4. The summed E-state index contributed by atoms with van der Waals surface area (Å²) >= 11 is 3.31. The predicted molar refractivity (Wildman–Crippen MR) is 105 cm³/mol. The molecule has 0 aliphatic rings. The quantitative estimate of drug-likeness (QED) is 0.354. The highest BCUT2D eigenvalue weighted by atomic mass is 79.9. The lowest BCUT2D eigenvalue weighted by Gasteiger charge is -2.01. The Morgan fingerprint density at radius 3 is 2.68 bits per heavy atom. The second kappa shape index (κ2) is 8.13. The second-order valence-corrected chi connectivity index (χ2v) is 6.83. The van der Waals surface area contributed by atoms with Gasteiger partial charge in [0, 0.05) is 25.4 Å². The number of hydrogen-bond acceptors (Lipinski definition) is 6. The molecule has 0 fully saturated rings. The van der Waals surface area contributed by atoms with Crippen molar-refractivity contribution < 1.29 is 9.72 Å². The third-order valence-corrected chi connectivity index (χ3v) is 4.41. The number of halogens is 1. The Morgan fingerprint density at radius 2 is 2.07 bits per heavy atom. The van der Waals surface area contributed by atoms with Gasteiger partial charge in [-0.15, -0.1) is 0 Å². The summed E-state index contributed by atoms with van der Waals surface area (Å²) in [6, 6.07) is 7.98. The first kappa shape index (κ1) is 19.4. The van der Waals surface area contributed by atoms with Crippen molar-refractivity contribution in [2.45, 2.75) is 13.5 Å². The molecule has 3 aromatic rings. The van der Waals surface area contributed by atoms with Gasteiger partial charge in [0.05, 0.1) is 33.5 Å². The lowest BCUT2D eigenvalue weighted by atomic mass is 10.2. The van der Waals surface area contributed by atoms with Gasteiger partial charge in [-0.05, 0) is 34.5 Å². The molecule has 3 rings (SSSR count). The van der Waals surface area contributed by atoms with E-state index in [9.17, 15) is 14.9 Å². The summed E-state index contributed by atoms with van der Waals surface area (Å²) in [7, 11) is 1.78. The average molecular weight is 446 g/mol. The van der Waals surface area contributed by atoms with Crippen LogP contribution in [0.2, 0.25) is 0 Å². The average Bonchev–Trinajstić information content (AvgIpc) is 3.16. The molecule has 1 aromatic carbocycles. The molecule has 28 heavy (non-hydrogen) atoms. The summed E-state index contributed by atoms with van der Waals surface area (Å²) in [5, 5.41) is 23.1. The molecule has 10 nitrogen and oxygen atoms in total. The summed E-state index contributed by atoms with van der Waals surface area (Å²) in [5.74, 6) is -0.468. The molecule has 0 aliphatic carbocycles. The van der Waals surface area contributed by atoms with Crippen LogP contribution >= 0.6 is 15.9 Å². The molecule has 2 heterocycles. The van der Waals surface area contributed by atoms with Crippen molar-refractivity contribution in [1.29, 1.82) is 0 Å². The number of hydrazone groups is 1. The number of amides is 1. The summed E-state index contributed by atoms with van der Waals surface area (Å²) in [6.07, 6.45) is 3.16. The fourth-order valence-corrected chi connectivity index (χ4v) is 3.00. The Labute approximate surface area is 168 Å². The van der Waals surface area contributed by atoms with Crippen molar-refractivity contribution in [1.82, 2.24) is 25.0 Å². The van der Waals surface area contributed by atoms with E-state index in [1.54, 1.807) is 34.7 Å². The van der Waals surface area contributed by atoms with Gasteiger partial charge < -0.3 is 0 Å². The predicted octanol–water partition coefficient (Wildman–Crippen LogP) is 2.41. The van der Waals surface area contributed by atoms with Crippen LogP contribution in [0.25, 0.3) is 0 Å². The van der Waals surface area contributed by atoms with Gasteiger partial charge in [-0.3, -0.25) is 24.3 Å². The van der Waals surface area contributed by atoms with E-state index in [0.29, 0.717) is 11.0 Å². The molecular weight excluding hydrogens is 430 g/mol. The minimum Gasteiger partial charge on any atom is -0.267 e. The Balaban J connectivity index is 1.66. The number of non-ortho nitro benzene ring substituents is 1. The molecule has 0 radical (unpaired) electrons. The molecule has 0 unspecified atom stereocenters. The minimum absolute atomic E-state index is 0.0203. The van der Waals surface area contributed by atoms with Crippen molar-refractivity contribution >= 4 is 33.7 Å². The van der Waals surface area contributed by atoms with E-state index >= 15 is 0 Å². The molecule has 1 N–H and O–H groups in total. The van der Waals surface area contributed by atoms with Gasteiger partial charge in [-0.2, -0.15) is 15.3 Å². The van der Waals surface area contributed by atoms with Crippen LogP contribution in [-0.4, -0.2) is 36.6 Å². The zero-order valence-corrected chi connectivity index (χ0v) is 16.6. The highest BCUT2D eigenvalue weighted by molar-refractivity contribution is 9.10. The SMILES string of the molecule is Cc1cc(C=NNC(=O)c2nn(Cc3ccc([N+](=O)[O-])cc3)cc2Br)n(C)n1. The van der Waals surface area contributed by atoms with Gasteiger partial charge in [0.1, 0.15) is 0 Å². The van der Waals surface area contributed by atoms with Crippen molar-refractivity contribution in [2.75, 3.05) is 0 Å². The van der Waals surface area contributed by atoms with Crippen LogP contribution in [0.4, 0.5) is 5.69 Å². The van der Waals surface area contributed by atoms with Crippen LogP contribution in [0.1, 0.15) is 27.4 Å². The van der Waals surface area contributed by atoms with Crippen LogP contribution in [-0.2, 0) is 13.6 Å². The summed E-state index contributed by atoms with van der Waals surface area (Å²) < 4.78 is 3.73. The van der Waals surface area contributed by atoms with Crippen molar-refractivity contribution in [3.63, 3.8) is 0 Å². The lowest BCUT2D eigenvalue weighted by Crippen LogP contribution is -2.19. The number of nitro benzene ring substituents is 1. The summed E-state index contributed by atoms with van der Waals surface area (Å²) in [5.41, 5.74) is 5.05. The standard InChI is InChI=1S/C17H16BrN7O3/c1-11-7-14(23(2)21-11)8-19-20-17(26)16-15(18)10-24(22-16)9-12-3-5-13(6-4-12)25(27)28/h3-8,10H,9H2,1-2H3,(H,20,26). The van der Waals surface area contributed by atoms with Gasteiger partial charge in [0.2, 0.25) is 0 Å². The number of nitrogens with one attached hydrogen (secondary N) is 1. The van der Waals surface area contributed by atoms with Crippen molar-refractivity contribution in [3.05, 3.63) is 73.8 Å². The zero-order valence-electron chi connectivity index (χ0n) is 15.0. The molecule has 0 atom stereocenters. The largest absolute Gasteiger partial charge is 0.293 e. The smallest absolute Gasteiger partial charge is 0.267 e. The highest BCUT2D eigenvalue weighted by Gasteiger charge is 2.15. The first-order valence-electron chi connectivity index (χ1n) is 8.14. The Hall–Kier alpha value is -3.34. The molecular formula is C17H16BrN7O3. The highest BCUT2D eigenvalue weighted by Crippen LogP contribution is 2.17. The van der Waals surface area contributed by atoms with Crippen LogP contribution in [0.5, 0.6) is 0 Å². The second-order valence-electron chi connectivity index (χ2n) is 5.98. The lowest BCUT2D eigenvalue weighted by molar-refractivity contribution is -0.384. The number of carbonyl (C=O) groups is 1. The molecule has 2 aromatic heterocycles. The summed E-state index contributed by atoms with van der Waals surface area (Å²) in [6.45, 7) is 2.23. The topological polar surface area (TPSA) is 120 Å². The summed E-state index contributed by atoms with van der Waals surface area (Å²) in [4.78, 5) is 22.6. The number of rotatable bonds is 6. The van der Waals surface area contributed by atoms with Crippen LogP contribution in [0.15, 0.2) is 46.1 Å². The van der Waals surface area contributed by atoms with E-state index in [1.807, 2.05) is 13.0 Å². The maximum absolute atomic E-state index is 12.3. The molecule has 144 valence electrons. The number of benzene rings is 1. The van der Waals surface area contributed by atoms with Gasteiger partial charge in [-0.1, -0.05) is 12.1 Å². The van der Waals surface area contributed by atoms with E-state index in [-0.39, 0.29) is 11.4 Å². The Kier molecular flexibility index (Phi) is 5.64. The monoisotopic (exact) mass is 445 g/mol. The van der Waals surface area contributed by atoms with Crippen LogP contribution in [0, 0.1) is 17.0 Å². The third-order valence-electron chi connectivity index (χ3n) is 3.82. The maximum Gasteiger partial charge on any atom is 0.293 e. The molecule has 0 spiro atoms. The third kappa shape index (κ3) is 4.49. The van der Waals surface area contributed by atoms with E-state index < -0.39 is 10.8 Å². The van der Waals surface area contributed by atoms with E-state index in [0.717, 1.165) is 17.0 Å². The van der Waals surface area contributed by atoms with Crippen LogP contribution < -0.4 is 5.43 Å². The number of nitro groups is 1. The van der Waals surface area contributed by atoms with Crippen molar-refractivity contribution in [3.8, 4) is 0 Å². The van der Waals surface area contributed by atoms with Crippen molar-refractivity contribution in [2.24, 2.45) is 12.1 Å². The normalized spacial score (nSPS) is 11.1. The van der Waals surface area contributed by atoms with Gasteiger partial charge in [-0.25, -0.2) is 5.43 Å². The fourth-order valence-electron chi connectivity index (χ4n) is 2.50. The number of carbonyl (C=O) groups excluding carboxylic acids is 1. The number of hydrogen-bond donors (Lipinski definition) is 1. The van der Waals surface area contributed by atoms with E-state index in [2.05, 4.69) is 36.7 Å². The Morgan fingerprint density at radius 1 is 1.36 bits per heavy atom. The zero-order chi connectivity index (χ0) is 20.3. The number of aryl methyl sites for hydroxylation is 2. The Bertz CT molecular complexity index is 1050. The molecule has 0 bridgehead atoms. The van der Waals surface area contributed by atoms with Gasteiger partial charge in [0.15, 0.2) is 5.69 Å². The fraction of sp³-hybridized carbons (Fsp3) is 0.176. The molecule has 11 heteroatoms. The molecule has 1 amide bonds. The first-order chi connectivity index (χ1) is 13.3. The molecule has 0 saturated carbocycles. The number of nitrogens with zero attached hydrogens (tertiary/aromatic N) is 6. The van der Waals surface area contributed by atoms with Gasteiger partial charge in [0.25, 0.3) is 11.6 Å².